The molecule has 2 aromatic carbocycles. The largest absolute Gasteiger partial charge is 0.326 e. The van der Waals surface area contributed by atoms with Gasteiger partial charge in [-0.25, -0.2) is 12.8 Å². The molecule has 0 aromatic heterocycles. The summed E-state index contributed by atoms with van der Waals surface area (Å²) in [6.45, 7) is 0.100. The first-order chi connectivity index (χ1) is 9.42. The standard InChI is InChI=1S/C14H13BrFNO2S/c15-12-2-5-14(6-3-12)20(18,19)9-10-1-4-13(16)7-11(10)8-17/h1-7H,8-9,17H2. The van der Waals surface area contributed by atoms with Gasteiger partial charge in [0.1, 0.15) is 5.82 Å². The van der Waals surface area contributed by atoms with Crippen molar-refractivity contribution in [3.05, 3.63) is 63.9 Å². The Labute approximate surface area is 125 Å². The van der Waals surface area contributed by atoms with Crippen molar-refractivity contribution in [2.45, 2.75) is 17.2 Å². The van der Waals surface area contributed by atoms with E-state index in [4.69, 9.17) is 5.73 Å². The van der Waals surface area contributed by atoms with Crippen LogP contribution in [0.1, 0.15) is 11.1 Å². The zero-order valence-corrected chi connectivity index (χ0v) is 12.9. The van der Waals surface area contributed by atoms with Gasteiger partial charge in [-0.1, -0.05) is 22.0 Å². The van der Waals surface area contributed by atoms with Crippen molar-refractivity contribution in [1.82, 2.24) is 0 Å². The molecule has 0 saturated carbocycles. The fraction of sp³-hybridized carbons (Fsp3) is 0.143. The highest BCUT2D eigenvalue weighted by Crippen LogP contribution is 2.21. The zero-order valence-electron chi connectivity index (χ0n) is 10.5. The molecule has 2 N–H and O–H groups in total. The predicted molar refractivity (Wildman–Crippen MR) is 79.3 cm³/mol. The molecule has 0 unspecified atom stereocenters. The molecule has 3 nitrogen and oxygen atoms in total. The fourth-order valence-corrected chi connectivity index (χ4v) is 3.53. The van der Waals surface area contributed by atoms with E-state index >= 15 is 0 Å². The second-order valence-electron chi connectivity index (χ2n) is 4.33. The number of benzene rings is 2. The fourth-order valence-electron chi connectivity index (χ4n) is 1.86. The van der Waals surface area contributed by atoms with E-state index in [0.29, 0.717) is 11.1 Å². The Kier molecular flexibility index (Phi) is 4.57. The monoisotopic (exact) mass is 357 g/mol. The van der Waals surface area contributed by atoms with Crippen LogP contribution < -0.4 is 5.73 Å². The van der Waals surface area contributed by atoms with Gasteiger partial charge in [-0.3, -0.25) is 0 Å². The van der Waals surface area contributed by atoms with Crippen molar-refractivity contribution in [3.63, 3.8) is 0 Å². The summed E-state index contributed by atoms with van der Waals surface area (Å²) in [6.07, 6.45) is 0. The van der Waals surface area contributed by atoms with Crippen molar-refractivity contribution in [1.29, 1.82) is 0 Å². The Bertz CT molecular complexity index is 714. The van der Waals surface area contributed by atoms with Gasteiger partial charge in [-0.05, 0) is 47.5 Å². The summed E-state index contributed by atoms with van der Waals surface area (Å²) in [4.78, 5) is 0.230. The second kappa shape index (κ2) is 6.03. The molecule has 0 radical (unpaired) electrons. The first kappa shape index (κ1) is 15.2. The Morgan fingerprint density at radius 1 is 1.05 bits per heavy atom. The van der Waals surface area contributed by atoms with Gasteiger partial charge >= 0.3 is 0 Å². The summed E-state index contributed by atoms with van der Waals surface area (Å²) in [6, 6.07) is 10.4. The number of hydrogen-bond donors (Lipinski definition) is 1. The van der Waals surface area contributed by atoms with Crippen LogP contribution in [0.25, 0.3) is 0 Å². The smallest absolute Gasteiger partial charge is 0.182 e. The van der Waals surface area contributed by atoms with Crippen molar-refractivity contribution in [2.24, 2.45) is 5.73 Å². The van der Waals surface area contributed by atoms with E-state index in [9.17, 15) is 12.8 Å². The average Bonchev–Trinajstić information content (AvgIpc) is 2.41. The van der Waals surface area contributed by atoms with E-state index in [-0.39, 0.29) is 17.2 Å². The number of halogens is 2. The van der Waals surface area contributed by atoms with E-state index < -0.39 is 15.7 Å². The topological polar surface area (TPSA) is 60.2 Å². The summed E-state index contributed by atoms with van der Waals surface area (Å²) in [5.74, 6) is -0.614. The van der Waals surface area contributed by atoms with E-state index in [1.165, 1.54) is 30.3 Å². The third kappa shape index (κ3) is 3.45. The molecular formula is C14H13BrFNO2S. The molecule has 0 atom stereocenters. The van der Waals surface area contributed by atoms with Crippen LogP contribution in [0.15, 0.2) is 51.8 Å². The second-order valence-corrected chi connectivity index (χ2v) is 7.24. The lowest BCUT2D eigenvalue weighted by atomic mass is 10.1. The third-order valence-electron chi connectivity index (χ3n) is 2.91. The van der Waals surface area contributed by atoms with Crippen molar-refractivity contribution >= 4 is 25.8 Å². The Hall–Kier alpha value is -1.24. The van der Waals surface area contributed by atoms with E-state index in [2.05, 4.69) is 15.9 Å². The van der Waals surface area contributed by atoms with Gasteiger partial charge < -0.3 is 5.73 Å². The SMILES string of the molecule is NCc1cc(F)ccc1CS(=O)(=O)c1ccc(Br)cc1. The molecule has 0 aliphatic rings. The summed E-state index contributed by atoms with van der Waals surface area (Å²) >= 11 is 3.26. The predicted octanol–water partition coefficient (Wildman–Crippen LogP) is 3.02. The number of sulfone groups is 1. The minimum atomic E-state index is -3.47. The highest BCUT2D eigenvalue weighted by atomic mass is 79.9. The molecule has 0 aliphatic carbocycles. The molecule has 0 bridgehead atoms. The summed E-state index contributed by atoms with van der Waals surface area (Å²) < 4.78 is 38.6. The van der Waals surface area contributed by atoms with Crippen LogP contribution in [0.5, 0.6) is 0 Å². The van der Waals surface area contributed by atoms with E-state index in [1.54, 1.807) is 12.1 Å². The molecule has 0 aliphatic heterocycles. The maximum atomic E-state index is 13.1. The quantitative estimate of drug-likeness (QED) is 0.914. The molecule has 0 fully saturated rings. The molecular weight excluding hydrogens is 345 g/mol. The minimum Gasteiger partial charge on any atom is -0.326 e. The Morgan fingerprint density at radius 3 is 2.30 bits per heavy atom. The normalized spacial score (nSPS) is 11.6. The lowest BCUT2D eigenvalue weighted by Crippen LogP contribution is -2.09. The molecule has 0 amide bonds. The third-order valence-corrected chi connectivity index (χ3v) is 5.12. The first-order valence-corrected chi connectivity index (χ1v) is 8.32. The highest BCUT2D eigenvalue weighted by Gasteiger charge is 2.17. The Morgan fingerprint density at radius 2 is 1.70 bits per heavy atom. The molecule has 0 spiro atoms. The van der Waals surface area contributed by atoms with Crippen LogP contribution >= 0.6 is 15.9 Å². The molecule has 2 aromatic rings. The maximum absolute atomic E-state index is 13.1. The molecule has 0 heterocycles. The van der Waals surface area contributed by atoms with Gasteiger partial charge in [0.15, 0.2) is 9.84 Å². The molecule has 2 rings (SSSR count). The average molecular weight is 358 g/mol. The Balaban J connectivity index is 2.35. The van der Waals surface area contributed by atoms with Crippen molar-refractivity contribution < 1.29 is 12.8 Å². The molecule has 0 saturated heterocycles. The van der Waals surface area contributed by atoms with Gasteiger partial charge in [0.2, 0.25) is 0 Å². The zero-order chi connectivity index (χ0) is 14.8. The first-order valence-electron chi connectivity index (χ1n) is 5.88. The van der Waals surface area contributed by atoms with Crippen LogP contribution in [-0.2, 0) is 22.1 Å². The van der Waals surface area contributed by atoms with Gasteiger partial charge in [0.05, 0.1) is 10.6 Å². The minimum absolute atomic E-state index is 0.100. The van der Waals surface area contributed by atoms with Crippen LogP contribution in [0.4, 0.5) is 4.39 Å². The van der Waals surface area contributed by atoms with Crippen molar-refractivity contribution in [2.75, 3.05) is 0 Å². The number of hydrogen-bond acceptors (Lipinski definition) is 3. The molecule has 20 heavy (non-hydrogen) atoms. The molecule has 106 valence electrons. The number of rotatable bonds is 4. The van der Waals surface area contributed by atoms with Gasteiger partial charge in [-0.15, -0.1) is 0 Å². The van der Waals surface area contributed by atoms with Gasteiger partial charge in [0, 0.05) is 11.0 Å². The van der Waals surface area contributed by atoms with Crippen LogP contribution in [0, 0.1) is 5.82 Å². The maximum Gasteiger partial charge on any atom is 0.182 e. The number of nitrogens with two attached hydrogens (primary N) is 1. The molecule has 6 heteroatoms. The van der Waals surface area contributed by atoms with E-state index in [1.807, 2.05) is 0 Å². The summed E-state index contributed by atoms with van der Waals surface area (Å²) in [7, 11) is -3.47. The summed E-state index contributed by atoms with van der Waals surface area (Å²) in [5.41, 5.74) is 6.56. The van der Waals surface area contributed by atoms with Gasteiger partial charge in [-0.2, -0.15) is 0 Å². The lowest BCUT2D eigenvalue weighted by Gasteiger charge is -2.09. The van der Waals surface area contributed by atoms with Gasteiger partial charge in [0.25, 0.3) is 0 Å². The van der Waals surface area contributed by atoms with Crippen LogP contribution in [0.3, 0.4) is 0 Å². The summed E-state index contributed by atoms with van der Waals surface area (Å²) in [5, 5.41) is 0. The van der Waals surface area contributed by atoms with Crippen LogP contribution in [0.2, 0.25) is 0 Å². The van der Waals surface area contributed by atoms with E-state index in [0.717, 1.165) is 4.47 Å². The highest BCUT2D eigenvalue weighted by molar-refractivity contribution is 9.10. The van der Waals surface area contributed by atoms with Crippen molar-refractivity contribution in [3.8, 4) is 0 Å². The van der Waals surface area contributed by atoms with Crippen LogP contribution in [-0.4, -0.2) is 8.42 Å². The lowest BCUT2D eigenvalue weighted by molar-refractivity contribution is 0.594.